The molecular formula is C15H23N3O3. The van der Waals surface area contributed by atoms with Gasteiger partial charge in [0, 0.05) is 55.9 Å². The molecule has 0 bridgehead atoms. The number of hydrogen-bond donors (Lipinski definition) is 2. The SMILES string of the molecule is CC(C)(CO)[C@@H](c1ccccc1[N+](=O)[O-])N1CCNCC1. The van der Waals surface area contributed by atoms with Crippen molar-refractivity contribution in [2.24, 2.45) is 5.41 Å². The predicted octanol–water partition coefficient (Wildman–Crippen LogP) is 1.56. The Labute approximate surface area is 124 Å². The average Bonchev–Trinajstić information content (AvgIpc) is 2.48. The number of benzene rings is 1. The van der Waals surface area contributed by atoms with Crippen LogP contribution in [0.1, 0.15) is 25.5 Å². The molecule has 2 rings (SSSR count). The van der Waals surface area contributed by atoms with Crippen molar-refractivity contribution in [3.63, 3.8) is 0 Å². The molecule has 21 heavy (non-hydrogen) atoms. The van der Waals surface area contributed by atoms with Crippen LogP contribution in [0.5, 0.6) is 0 Å². The zero-order valence-electron chi connectivity index (χ0n) is 12.6. The standard InChI is InChI=1S/C15H23N3O3/c1-15(2,11-19)14(17-9-7-16-8-10-17)12-5-3-4-6-13(12)18(20)21/h3-6,14,16,19H,7-11H2,1-2H3/t14-/m1/s1. The molecule has 1 aliphatic heterocycles. The molecule has 6 heteroatoms. The van der Waals surface area contributed by atoms with Gasteiger partial charge in [-0.2, -0.15) is 0 Å². The summed E-state index contributed by atoms with van der Waals surface area (Å²) < 4.78 is 0. The highest BCUT2D eigenvalue weighted by Crippen LogP contribution is 2.41. The Hall–Kier alpha value is -1.50. The van der Waals surface area contributed by atoms with E-state index >= 15 is 0 Å². The highest BCUT2D eigenvalue weighted by atomic mass is 16.6. The van der Waals surface area contributed by atoms with E-state index in [0.29, 0.717) is 5.56 Å². The maximum absolute atomic E-state index is 11.3. The minimum Gasteiger partial charge on any atom is -0.396 e. The minimum absolute atomic E-state index is 0.0202. The second-order valence-electron chi connectivity index (χ2n) is 6.15. The fourth-order valence-corrected chi connectivity index (χ4v) is 3.02. The van der Waals surface area contributed by atoms with Gasteiger partial charge in [-0.15, -0.1) is 0 Å². The van der Waals surface area contributed by atoms with Crippen molar-refractivity contribution in [3.05, 3.63) is 39.9 Å². The van der Waals surface area contributed by atoms with Gasteiger partial charge in [0.05, 0.1) is 4.92 Å². The third-order valence-corrected chi connectivity index (χ3v) is 4.09. The van der Waals surface area contributed by atoms with Crippen LogP contribution in [0.2, 0.25) is 0 Å². The number of para-hydroxylation sites is 1. The first-order valence-corrected chi connectivity index (χ1v) is 7.26. The molecule has 0 aliphatic carbocycles. The molecule has 6 nitrogen and oxygen atoms in total. The van der Waals surface area contributed by atoms with Crippen LogP contribution in [0.3, 0.4) is 0 Å². The maximum Gasteiger partial charge on any atom is 0.274 e. The van der Waals surface area contributed by atoms with Gasteiger partial charge in [0.2, 0.25) is 0 Å². The third kappa shape index (κ3) is 3.40. The van der Waals surface area contributed by atoms with E-state index < -0.39 is 5.41 Å². The second kappa shape index (κ2) is 6.51. The molecule has 0 spiro atoms. The van der Waals surface area contributed by atoms with Crippen LogP contribution in [0.15, 0.2) is 24.3 Å². The summed E-state index contributed by atoms with van der Waals surface area (Å²) in [4.78, 5) is 13.2. The summed E-state index contributed by atoms with van der Waals surface area (Å²) in [6, 6.07) is 6.68. The van der Waals surface area contributed by atoms with Gasteiger partial charge >= 0.3 is 0 Å². The van der Waals surface area contributed by atoms with Gasteiger partial charge in [0.15, 0.2) is 0 Å². The van der Waals surface area contributed by atoms with Crippen LogP contribution in [-0.4, -0.2) is 47.7 Å². The Bertz CT molecular complexity index is 499. The van der Waals surface area contributed by atoms with Crippen molar-refractivity contribution < 1.29 is 10.0 Å². The summed E-state index contributed by atoms with van der Waals surface area (Å²) in [5.74, 6) is 0. The second-order valence-corrected chi connectivity index (χ2v) is 6.15. The van der Waals surface area contributed by atoms with E-state index in [0.717, 1.165) is 26.2 Å². The predicted molar refractivity (Wildman–Crippen MR) is 81.1 cm³/mol. The van der Waals surface area contributed by atoms with Crippen molar-refractivity contribution >= 4 is 5.69 Å². The van der Waals surface area contributed by atoms with Gasteiger partial charge in [-0.25, -0.2) is 0 Å². The summed E-state index contributed by atoms with van der Waals surface area (Å²) in [5.41, 5.74) is 0.356. The number of rotatable bonds is 5. The van der Waals surface area contributed by atoms with Gasteiger partial charge in [-0.05, 0) is 0 Å². The summed E-state index contributed by atoms with van der Waals surface area (Å²) in [5, 5.41) is 24.4. The van der Waals surface area contributed by atoms with E-state index in [1.54, 1.807) is 6.07 Å². The lowest BCUT2D eigenvalue weighted by Crippen LogP contribution is -2.49. The van der Waals surface area contributed by atoms with E-state index in [-0.39, 0.29) is 23.3 Å². The first-order valence-electron chi connectivity index (χ1n) is 7.26. The molecule has 1 atom stereocenters. The van der Waals surface area contributed by atoms with Gasteiger partial charge in [0.1, 0.15) is 0 Å². The molecule has 1 aromatic carbocycles. The monoisotopic (exact) mass is 293 g/mol. The van der Waals surface area contributed by atoms with Crippen molar-refractivity contribution in [3.8, 4) is 0 Å². The molecule has 1 aliphatic rings. The lowest BCUT2D eigenvalue weighted by molar-refractivity contribution is -0.386. The topological polar surface area (TPSA) is 78.6 Å². The number of nitro benzene ring substituents is 1. The number of nitrogens with one attached hydrogen (secondary N) is 1. The summed E-state index contributed by atoms with van der Waals surface area (Å²) in [6.45, 7) is 7.25. The number of nitrogens with zero attached hydrogens (tertiary/aromatic N) is 2. The molecule has 0 unspecified atom stereocenters. The molecule has 116 valence electrons. The van der Waals surface area contributed by atoms with Crippen LogP contribution in [0.25, 0.3) is 0 Å². The molecular weight excluding hydrogens is 270 g/mol. The summed E-state index contributed by atoms with van der Waals surface area (Å²) in [7, 11) is 0. The van der Waals surface area contributed by atoms with Crippen LogP contribution >= 0.6 is 0 Å². The average molecular weight is 293 g/mol. The quantitative estimate of drug-likeness (QED) is 0.636. The van der Waals surface area contributed by atoms with Crippen LogP contribution in [-0.2, 0) is 0 Å². The van der Waals surface area contributed by atoms with Gasteiger partial charge in [-0.1, -0.05) is 32.0 Å². The van der Waals surface area contributed by atoms with Crippen LogP contribution in [0, 0.1) is 15.5 Å². The molecule has 0 aromatic heterocycles. The maximum atomic E-state index is 11.3. The van der Waals surface area contributed by atoms with Crippen molar-refractivity contribution in [2.45, 2.75) is 19.9 Å². The Morgan fingerprint density at radius 3 is 2.57 bits per heavy atom. The van der Waals surface area contributed by atoms with E-state index in [4.69, 9.17) is 0 Å². The van der Waals surface area contributed by atoms with Crippen LogP contribution in [0.4, 0.5) is 5.69 Å². The molecule has 0 amide bonds. The summed E-state index contributed by atoms with van der Waals surface area (Å²) >= 11 is 0. The number of hydrogen-bond acceptors (Lipinski definition) is 5. The highest BCUT2D eigenvalue weighted by Gasteiger charge is 2.38. The fourth-order valence-electron chi connectivity index (χ4n) is 3.02. The van der Waals surface area contributed by atoms with Gasteiger partial charge < -0.3 is 10.4 Å². The van der Waals surface area contributed by atoms with E-state index in [1.165, 1.54) is 6.07 Å². The van der Waals surface area contributed by atoms with Gasteiger partial charge in [0.25, 0.3) is 5.69 Å². The highest BCUT2D eigenvalue weighted by molar-refractivity contribution is 5.43. The largest absolute Gasteiger partial charge is 0.396 e. The number of piperazine rings is 1. The lowest BCUT2D eigenvalue weighted by Gasteiger charge is -2.43. The first kappa shape index (κ1) is 15.9. The molecule has 1 fully saturated rings. The lowest BCUT2D eigenvalue weighted by atomic mass is 9.79. The van der Waals surface area contributed by atoms with Crippen molar-refractivity contribution in [1.82, 2.24) is 10.2 Å². The van der Waals surface area contributed by atoms with Crippen LogP contribution < -0.4 is 5.32 Å². The Morgan fingerprint density at radius 1 is 1.38 bits per heavy atom. The van der Waals surface area contributed by atoms with E-state index in [1.807, 2.05) is 26.0 Å². The molecule has 0 radical (unpaired) electrons. The zero-order valence-corrected chi connectivity index (χ0v) is 12.6. The van der Waals surface area contributed by atoms with Crippen molar-refractivity contribution in [1.29, 1.82) is 0 Å². The molecule has 1 heterocycles. The Kier molecular flexibility index (Phi) is 4.92. The zero-order chi connectivity index (χ0) is 15.5. The first-order chi connectivity index (χ1) is 9.97. The Morgan fingerprint density at radius 2 is 2.00 bits per heavy atom. The molecule has 1 saturated heterocycles. The smallest absolute Gasteiger partial charge is 0.274 e. The minimum atomic E-state index is -0.455. The fraction of sp³-hybridized carbons (Fsp3) is 0.600. The van der Waals surface area contributed by atoms with E-state index in [9.17, 15) is 15.2 Å². The molecule has 0 saturated carbocycles. The number of aliphatic hydroxyl groups excluding tert-OH is 1. The summed E-state index contributed by atoms with van der Waals surface area (Å²) in [6.07, 6.45) is 0. The number of nitro groups is 1. The Balaban J connectivity index is 2.47. The molecule has 2 N–H and O–H groups in total. The van der Waals surface area contributed by atoms with Crippen molar-refractivity contribution in [2.75, 3.05) is 32.8 Å². The molecule has 1 aromatic rings. The number of aliphatic hydroxyl groups is 1. The third-order valence-electron chi connectivity index (χ3n) is 4.09. The van der Waals surface area contributed by atoms with Gasteiger partial charge in [-0.3, -0.25) is 15.0 Å². The van der Waals surface area contributed by atoms with E-state index in [2.05, 4.69) is 10.2 Å². The normalized spacial score (nSPS) is 18.4.